The third-order valence-electron chi connectivity index (χ3n) is 2.26. The minimum absolute atomic E-state index is 0.0968. The third kappa shape index (κ3) is 5.37. The number of rotatable bonds is 5. The van der Waals surface area contributed by atoms with E-state index in [-0.39, 0.29) is 6.54 Å². The van der Waals surface area contributed by atoms with Crippen molar-refractivity contribution in [2.24, 2.45) is 0 Å². The van der Waals surface area contributed by atoms with E-state index in [1.807, 2.05) is 0 Å². The fraction of sp³-hybridized carbons (Fsp3) is 0.333. The second-order valence-corrected chi connectivity index (χ2v) is 4.49. The number of amides is 2. The molecule has 0 aromatic heterocycles. The number of anilines is 1. The molecule has 1 aromatic carbocycles. The second kappa shape index (κ2) is 7.88. The van der Waals surface area contributed by atoms with E-state index in [1.54, 1.807) is 24.3 Å². The van der Waals surface area contributed by atoms with E-state index in [4.69, 9.17) is 9.47 Å². The van der Waals surface area contributed by atoms with Gasteiger partial charge in [0.1, 0.15) is 0 Å². The Hall–Kier alpha value is -1.44. The molecule has 0 heterocycles. The van der Waals surface area contributed by atoms with Gasteiger partial charge in [-0.25, -0.2) is 0 Å². The predicted molar refractivity (Wildman–Crippen MR) is 73.6 cm³/mol. The van der Waals surface area contributed by atoms with Gasteiger partial charge in [-0.1, -0.05) is 15.9 Å². The third-order valence-corrected chi connectivity index (χ3v) is 2.79. The number of nitrogens with one attached hydrogen (secondary N) is 2. The molecule has 0 saturated heterocycles. The van der Waals surface area contributed by atoms with Gasteiger partial charge in [0.05, 0.1) is 6.54 Å². The highest BCUT2D eigenvalue weighted by Gasteiger charge is 2.15. The molecule has 0 spiro atoms. The molecule has 0 radical (unpaired) electrons. The fourth-order valence-corrected chi connectivity index (χ4v) is 1.50. The largest absolute Gasteiger partial charge is 0.354 e. The topological polar surface area (TPSA) is 76.7 Å². The number of methoxy groups -OCH3 is 2. The van der Waals surface area contributed by atoms with Crippen molar-refractivity contribution in [3.63, 3.8) is 0 Å². The molecule has 7 heteroatoms. The summed E-state index contributed by atoms with van der Waals surface area (Å²) in [7, 11) is 2.89. The van der Waals surface area contributed by atoms with E-state index in [1.165, 1.54) is 14.2 Å². The normalized spacial score (nSPS) is 10.3. The van der Waals surface area contributed by atoms with Crippen LogP contribution in [0.25, 0.3) is 0 Å². The SMILES string of the molecule is COC(CNC(=O)C(=O)Nc1ccc(Br)cc1)OC. The number of carbonyl (C=O) groups excluding carboxylic acids is 2. The van der Waals surface area contributed by atoms with Gasteiger partial charge < -0.3 is 20.1 Å². The smallest absolute Gasteiger partial charge is 0.313 e. The molecule has 0 aliphatic rings. The molecule has 6 nitrogen and oxygen atoms in total. The minimum atomic E-state index is -0.748. The molecule has 1 rings (SSSR count). The van der Waals surface area contributed by atoms with Crippen LogP contribution in [0.5, 0.6) is 0 Å². The molecular formula is C12H15BrN2O4. The first kappa shape index (κ1) is 15.6. The molecule has 0 unspecified atom stereocenters. The first-order valence-electron chi connectivity index (χ1n) is 5.47. The van der Waals surface area contributed by atoms with Crippen LogP contribution in [0.15, 0.2) is 28.7 Å². The molecule has 1 aromatic rings. The highest BCUT2D eigenvalue weighted by Crippen LogP contribution is 2.13. The van der Waals surface area contributed by atoms with E-state index >= 15 is 0 Å². The van der Waals surface area contributed by atoms with Gasteiger partial charge in [-0.3, -0.25) is 9.59 Å². The Balaban J connectivity index is 2.44. The average molecular weight is 331 g/mol. The van der Waals surface area contributed by atoms with Crippen LogP contribution < -0.4 is 10.6 Å². The molecule has 2 amide bonds. The summed E-state index contributed by atoms with van der Waals surface area (Å²) in [4.78, 5) is 23.1. The van der Waals surface area contributed by atoms with Gasteiger partial charge in [0.15, 0.2) is 6.29 Å². The first-order chi connectivity index (χ1) is 9.06. The molecule has 0 bridgehead atoms. The van der Waals surface area contributed by atoms with E-state index in [2.05, 4.69) is 26.6 Å². The molecule has 0 aliphatic carbocycles. The van der Waals surface area contributed by atoms with Gasteiger partial charge in [0, 0.05) is 24.4 Å². The zero-order valence-electron chi connectivity index (χ0n) is 10.6. The fourth-order valence-electron chi connectivity index (χ4n) is 1.24. The van der Waals surface area contributed by atoms with Gasteiger partial charge in [-0.2, -0.15) is 0 Å². The lowest BCUT2D eigenvalue weighted by molar-refractivity contribution is -0.139. The Labute approximate surface area is 119 Å². The minimum Gasteiger partial charge on any atom is -0.354 e. The van der Waals surface area contributed by atoms with E-state index in [0.29, 0.717) is 5.69 Å². The van der Waals surface area contributed by atoms with Crippen LogP contribution in [-0.4, -0.2) is 38.9 Å². The van der Waals surface area contributed by atoms with Crippen LogP contribution in [0.4, 0.5) is 5.69 Å². The summed E-state index contributed by atoms with van der Waals surface area (Å²) < 4.78 is 10.7. The highest BCUT2D eigenvalue weighted by atomic mass is 79.9. The zero-order valence-corrected chi connectivity index (χ0v) is 12.2. The lowest BCUT2D eigenvalue weighted by Gasteiger charge is -2.13. The van der Waals surface area contributed by atoms with Crippen LogP contribution in [0.3, 0.4) is 0 Å². The quantitative estimate of drug-likeness (QED) is 0.626. The summed E-state index contributed by atoms with van der Waals surface area (Å²) in [6.45, 7) is 0.0968. The van der Waals surface area contributed by atoms with E-state index in [9.17, 15) is 9.59 Å². The van der Waals surface area contributed by atoms with Crippen molar-refractivity contribution in [2.75, 3.05) is 26.1 Å². The average Bonchev–Trinajstić information content (AvgIpc) is 2.42. The van der Waals surface area contributed by atoms with Gasteiger partial charge in [-0.15, -0.1) is 0 Å². The van der Waals surface area contributed by atoms with Crippen LogP contribution in [0.2, 0.25) is 0 Å². The van der Waals surface area contributed by atoms with Crippen molar-refractivity contribution in [3.8, 4) is 0 Å². The van der Waals surface area contributed by atoms with E-state index in [0.717, 1.165) is 4.47 Å². The summed E-state index contributed by atoms with van der Waals surface area (Å²) in [5.74, 6) is -1.49. The molecule has 2 N–H and O–H groups in total. The molecule has 0 aliphatic heterocycles. The molecule has 0 atom stereocenters. The van der Waals surface area contributed by atoms with Crippen molar-refractivity contribution in [1.82, 2.24) is 5.32 Å². The van der Waals surface area contributed by atoms with Crippen molar-refractivity contribution in [3.05, 3.63) is 28.7 Å². The zero-order chi connectivity index (χ0) is 14.3. The lowest BCUT2D eigenvalue weighted by atomic mass is 10.3. The Morgan fingerprint density at radius 2 is 1.74 bits per heavy atom. The Bertz CT molecular complexity index is 432. The molecular weight excluding hydrogens is 316 g/mol. The number of hydrogen-bond acceptors (Lipinski definition) is 4. The number of carbonyl (C=O) groups is 2. The standard InChI is InChI=1S/C12H15BrN2O4/c1-18-10(19-2)7-14-11(16)12(17)15-9-5-3-8(13)4-6-9/h3-6,10H,7H2,1-2H3,(H,14,16)(H,15,17). The summed E-state index contributed by atoms with van der Waals surface area (Å²) in [6.07, 6.45) is -0.579. The summed E-state index contributed by atoms with van der Waals surface area (Å²) in [5, 5.41) is 4.88. The Morgan fingerprint density at radius 1 is 1.16 bits per heavy atom. The van der Waals surface area contributed by atoms with Crippen molar-refractivity contribution in [2.45, 2.75) is 6.29 Å². The van der Waals surface area contributed by atoms with Crippen LogP contribution >= 0.6 is 15.9 Å². The van der Waals surface area contributed by atoms with Gasteiger partial charge in [0.2, 0.25) is 0 Å². The predicted octanol–water partition coefficient (Wildman–Crippen LogP) is 1.12. The van der Waals surface area contributed by atoms with Crippen molar-refractivity contribution >= 4 is 33.4 Å². The van der Waals surface area contributed by atoms with Crippen LogP contribution in [-0.2, 0) is 19.1 Å². The first-order valence-corrected chi connectivity index (χ1v) is 6.26. The van der Waals surface area contributed by atoms with Gasteiger partial charge >= 0.3 is 11.8 Å². The summed E-state index contributed by atoms with van der Waals surface area (Å²) in [6, 6.07) is 6.89. The van der Waals surface area contributed by atoms with Gasteiger partial charge in [0.25, 0.3) is 0 Å². The van der Waals surface area contributed by atoms with Crippen molar-refractivity contribution in [1.29, 1.82) is 0 Å². The molecule has 0 fully saturated rings. The van der Waals surface area contributed by atoms with E-state index < -0.39 is 18.1 Å². The lowest BCUT2D eigenvalue weighted by Crippen LogP contribution is -2.40. The summed E-state index contributed by atoms with van der Waals surface area (Å²) in [5.41, 5.74) is 0.540. The number of halogens is 1. The molecule has 19 heavy (non-hydrogen) atoms. The number of benzene rings is 1. The molecule has 0 saturated carbocycles. The monoisotopic (exact) mass is 330 g/mol. The van der Waals surface area contributed by atoms with Crippen molar-refractivity contribution < 1.29 is 19.1 Å². The maximum atomic E-state index is 11.6. The molecule has 104 valence electrons. The number of ether oxygens (including phenoxy) is 2. The Morgan fingerprint density at radius 3 is 2.26 bits per heavy atom. The second-order valence-electron chi connectivity index (χ2n) is 3.57. The maximum absolute atomic E-state index is 11.6. The summed E-state index contributed by atoms with van der Waals surface area (Å²) >= 11 is 3.28. The Kier molecular flexibility index (Phi) is 6.48. The maximum Gasteiger partial charge on any atom is 0.313 e. The van der Waals surface area contributed by atoms with Gasteiger partial charge in [-0.05, 0) is 24.3 Å². The van der Waals surface area contributed by atoms with Crippen LogP contribution in [0, 0.1) is 0 Å². The number of hydrogen-bond donors (Lipinski definition) is 2. The highest BCUT2D eigenvalue weighted by molar-refractivity contribution is 9.10. The van der Waals surface area contributed by atoms with Crippen LogP contribution in [0.1, 0.15) is 0 Å².